The maximum absolute atomic E-state index is 13.2. The number of hydrogen-bond donors (Lipinski definition) is 0. The van der Waals surface area contributed by atoms with E-state index < -0.39 is 10.0 Å². The van der Waals surface area contributed by atoms with Crippen LogP contribution in [0.25, 0.3) is 0 Å². The van der Waals surface area contributed by atoms with Gasteiger partial charge in [-0.3, -0.25) is 4.79 Å². The lowest BCUT2D eigenvalue weighted by Gasteiger charge is -2.42. The smallest absolute Gasteiger partial charge is 0.272 e. The largest absolute Gasteiger partial charge is 0.337 e. The van der Waals surface area contributed by atoms with Crippen molar-refractivity contribution in [1.82, 2.24) is 24.1 Å². The Hall–Kier alpha value is -2.36. The number of amides is 1. The lowest BCUT2D eigenvalue weighted by Crippen LogP contribution is -2.52. The van der Waals surface area contributed by atoms with Crippen molar-refractivity contribution in [1.29, 1.82) is 0 Å². The van der Waals surface area contributed by atoms with E-state index in [9.17, 15) is 13.2 Å². The Morgan fingerprint density at radius 3 is 2.18 bits per heavy atom. The van der Waals surface area contributed by atoms with Crippen LogP contribution in [0.15, 0.2) is 36.7 Å². The molecule has 2 fully saturated rings. The molecule has 2 aliphatic heterocycles. The summed E-state index contributed by atoms with van der Waals surface area (Å²) >= 11 is 0. The number of nitrogens with zero attached hydrogens (tertiary/aromatic N) is 5. The normalized spacial score (nSPS) is 18.7. The van der Waals surface area contributed by atoms with E-state index >= 15 is 0 Å². The predicted molar refractivity (Wildman–Crippen MR) is 151 cm³/mol. The molecule has 0 atom stereocenters. The van der Waals surface area contributed by atoms with E-state index in [1.807, 2.05) is 11.0 Å². The van der Waals surface area contributed by atoms with Crippen molar-refractivity contribution in [2.45, 2.75) is 76.8 Å². The van der Waals surface area contributed by atoms with Gasteiger partial charge in [-0.1, -0.05) is 45.0 Å². The number of piperidine rings is 2. The number of benzene rings is 1. The summed E-state index contributed by atoms with van der Waals surface area (Å²) < 4.78 is 25.2. The van der Waals surface area contributed by atoms with Gasteiger partial charge in [0.25, 0.3) is 5.91 Å². The Kier molecular flexibility index (Phi) is 8.89. The molecule has 0 spiro atoms. The molecule has 2 saturated heterocycles. The standard InChI is InChI=1S/C29H43N5O3S/c1-29(2,3)23-9-6-22(7-10-23)8-11-24-20-27(31-21-30-24)28(35)34-18-14-26(15-19-34)33-16-12-25(13-17-33)32(4)38(5,36)37/h6-7,9-10,20-21,25-26H,8,11-19H2,1-5H3. The van der Waals surface area contributed by atoms with Crippen molar-refractivity contribution in [2.24, 2.45) is 0 Å². The molecule has 2 aromatic rings. The van der Waals surface area contributed by atoms with Gasteiger partial charge in [-0.25, -0.2) is 22.7 Å². The van der Waals surface area contributed by atoms with E-state index in [1.54, 1.807) is 7.05 Å². The quantitative estimate of drug-likeness (QED) is 0.533. The summed E-state index contributed by atoms with van der Waals surface area (Å²) in [6, 6.07) is 11.1. The monoisotopic (exact) mass is 541 g/mol. The summed E-state index contributed by atoms with van der Waals surface area (Å²) in [7, 11) is -1.47. The number of aryl methyl sites for hydroxylation is 2. The highest BCUT2D eigenvalue weighted by Crippen LogP contribution is 2.25. The molecule has 1 aromatic heterocycles. The molecule has 3 heterocycles. The maximum atomic E-state index is 13.2. The van der Waals surface area contributed by atoms with Gasteiger partial charge in [-0.15, -0.1) is 0 Å². The van der Waals surface area contributed by atoms with Crippen LogP contribution < -0.4 is 0 Å². The van der Waals surface area contributed by atoms with Crippen LogP contribution in [-0.2, 0) is 28.3 Å². The molecule has 0 saturated carbocycles. The zero-order chi connectivity index (χ0) is 27.5. The predicted octanol–water partition coefficient (Wildman–Crippen LogP) is 3.52. The second-order valence-corrected chi connectivity index (χ2v) is 14.0. The molecule has 9 heteroatoms. The average molecular weight is 542 g/mol. The first-order chi connectivity index (χ1) is 17.9. The van der Waals surface area contributed by atoms with Crippen LogP contribution in [-0.4, -0.2) is 90.0 Å². The number of rotatable bonds is 7. The Balaban J connectivity index is 1.26. The van der Waals surface area contributed by atoms with Crippen molar-refractivity contribution in [3.05, 3.63) is 59.2 Å². The van der Waals surface area contributed by atoms with Gasteiger partial charge in [0.15, 0.2) is 0 Å². The van der Waals surface area contributed by atoms with Gasteiger partial charge in [0.05, 0.1) is 6.26 Å². The van der Waals surface area contributed by atoms with Crippen LogP contribution in [0.3, 0.4) is 0 Å². The van der Waals surface area contributed by atoms with Gasteiger partial charge in [-0.2, -0.15) is 0 Å². The Bertz CT molecular complexity index is 1190. The van der Waals surface area contributed by atoms with Crippen molar-refractivity contribution in [3.63, 3.8) is 0 Å². The van der Waals surface area contributed by atoms with Crippen molar-refractivity contribution in [3.8, 4) is 0 Å². The van der Waals surface area contributed by atoms with Crippen molar-refractivity contribution >= 4 is 15.9 Å². The Morgan fingerprint density at radius 1 is 0.974 bits per heavy atom. The fraction of sp³-hybridized carbons (Fsp3) is 0.621. The molecule has 208 valence electrons. The highest BCUT2D eigenvalue weighted by Gasteiger charge is 2.32. The van der Waals surface area contributed by atoms with Gasteiger partial charge in [0.2, 0.25) is 10.0 Å². The van der Waals surface area contributed by atoms with E-state index in [4.69, 9.17) is 0 Å². The summed E-state index contributed by atoms with van der Waals surface area (Å²) in [6.07, 6.45) is 8.00. The van der Waals surface area contributed by atoms with Crippen LogP contribution in [0.2, 0.25) is 0 Å². The van der Waals surface area contributed by atoms with Gasteiger partial charge >= 0.3 is 0 Å². The molecular weight excluding hydrogens is 498 g/mol. The molecule has 1 amide bonds. The molecule has 2 aliphatic rings. The second kappa shape index (κ2) is 11.8. The summed E-state index contributed by atoms with van der Waals surface area (Å²) in [5, 5.41) is 0. The lowest BCUT2D eigenvalue weighted by atomic mass is 9.86. The van der Waals surface area contributed by atoms with Crippen molar-refractivity contribution < 1.29 is 13.2 Å². The fourth-order valence-corrected chi connectivity index (χ4v) is 6.33. The van der Waals surface area contributed by atoms with E-state index in [1.165, 1.54) is 28.0 Å². The summed E-state index contributed by atoms with van der Waals surface area (Å²) in [5.41, 5.74) is 4.09. The van der Waals surface area contributed by atoms with Gasteiger partial charge in [-0.05, 0) is 74.2 Å². The lowest BCUT2D eigenvalue weighted by molar-refractivity contribution is 0.0543. The van der Waals surface area contributed by atoms with E-state index in [-0.39, 0.29) is 17.4 Å². The number of hydrogen-bond acceptors (Lipinski definition) is 6. The minimum atomic E-state index is -3.16. The fourth-order valence-electron chi connectivity index (χ4n) is 5.58. The number of carbonyl (C=O) groups is 1. The molecule has 0 radical (unpaired) electrons. The zero-order valence-corrected chi connectivity index (χ0v) is 24.4. The van der Waals surface area contributed by atoms with Crippen LogP contribution in [0.4, 0.5) is 0 Å². The van der Waals surface area contributed by atoms with E-state index in [0.29, 0.717) is 24.8 Å². The highest BCUT2D eigenvalue weighted by atomic mass is 32.2. The SMILES string of the molecule is CN(C1CCN(C2CCN(C(=O)c3cc(CCc4ccc(C(C)(C)C)cc4)ncn3)CC2)CC1)S(C)(=O)=O. The van der Waals surface area contributed by atoms with E-state index in [0.717, 1.165) is 57.3 Å². The summed E-state index contributed by atoms with van der Waals surface area (Å²) in [6.45, 7) is 9.88. The van der Waals surface area contributed by atoms with Gasteiger partial charge < -0.3 is 9.80 Å². The third-order valence-corrected chi connectivity index (χ3v) is 9.58. The molecule has 8 nitrogen and oxygen atoms in total. The Morgan fingerprint density at radius 2 is 1.61 bits per heavy atom. The third-order valence-electron chi connectivity index (χ3n) is 8.24. The van der Waals surface area contributed by atoms with Crippen LogP contribution in [0, 0.1) is 0 Å². The van der Waals surface area contributed by atoms with Gasteiger partial charge in [0.1, 0.15) is 12.0 Å². The molecule has 1 aromatic carbocycles. The number of sulfonamides is 1. The molecule has 38 heavy (non-hydrogen) atoms. The van der Waals surface area contributed by atoms with Crippen molar-refractivity contribution in [2.75, 3.05) is 39.5 Å². The third kappa shape index (κ3) is 7.18. The molecule has 0 N–H and O–H groups in total. The maximum Gasteiger partial charge on any atom is 0.272 e. The molecule has 0 bridgehead atoms. The number of likely N-dealkylation sites (tertiary alicyclic amines) is 2. The first-order valence-corrected chi connectivity index (χ1v) is 15.6. The minimum Gasteiger partial charge on any atom is -0.337 e. The second-order valence-electron chi connectivity index (χ2n) is 11.9. The van der Waals surface area contributed by atoms with Crippen LogP contribution >= 0.6 is 0 Å². The van der Waals surface area contributed by atoms with Crippen LogP contribution in [0.1, 0.15) is 73.8 Å². The molecular formula is C29H43N5O3S. The summed E-state index contributed by atoms with van der Waals surface area (Å²) in [4.78, 5) is 26.3. The minimum absolute atomic E-state index is 0.0184. The number of carbonyl (C=O) groups excluding carboxylic acids is 1. The van der Waals surface area contributed by atoms with E-state index in [2.05, 4.69) is 59.9 Å². The molecule has 0 unspecified atom stereocenters. The molecule has 4 rings (SSSR count). The highest BCUT2D eigenvalue weighted by molar-refractivity contribution is 7.88. The topological polar surface area (TPSA) is 86.7 Å². The van der Waals surface area contributed by atoms with Gasteiger partial charge in [0, 0.05) is 37.9 Å². The first-order valence-electron chi connectivity index (χ1n) is 13.8. The zero-order valence-electron chi connectivity index (χ0n) is 23.6. The molecule has 0 aliphatic carbocycles. The Labute approximate surface area is 228 Å². The average Bonchev–Trinajstić information content (AvgIpc) is 2.91. The first kappa shape index (κ1) is 28.6. The number of aromatic nitrogens is 2. The summed E-state index contributed by atoms with van der Waals surface area (Å²) in [5.74, 6) is -0.0184. The van der Waals surface area contributed by atoms with Crippen LogP contribution in [0.5, 0.6) is 0 Å².